The smallest absolute Gasteiger partial charge is 0.201 e. The largest absolute Gasteiger partial charge is 0.402 e. The summed E-state index contributed by atoms with van der Waals surface area (Å²) in [7, 11) is -2.41. The molecular formula is C30H45FO3Si. The van der Waals surface area contributed by atoms with Gasteiger partial charge in [-0.1, -0.05) is 90.1 Å². The van der Waals surface area contributed by atoms with Crippen LogP contribution < -0.4 is 0 Å². The maximum absolute atomic E-state index is 14.1. The third kappa shape index (κ3) is 6.51. The van der Waals surface area contributed by atoms with Crippen LogP contribution in [-0.2, 0) is 26.1 Å². The maximum Gasteiger partial charge on any atom is 0.201 e. The average molecular weight is 501 g/mol. The second-order valence-electron chi connectivity index (χ2n) is 10.4. The predicted octanol–water partition coefficient (Wildman–Crippen LogP) is 8.41. The molecule has 0 unspecified atom stereocenters. The number of benzene rings is 2. The quantitative estimate of drug-likeness (QED) is 0.192. The first-order valence-electron chi connectivity index (χ1n) is 12.9. The molecule has 0 heterocycles. The van der Waals surface area contributed by atoms with Gasteiger partial charge in [0.15, 0.2) is 0 Å². The van der Waals surface area contributed by atoms with Gasteiger partial charge >= 0.3 is 0 Å². The van der Waals surface area contributed by atoms with Gasteiger partial charge in [-0.15, -0.1) is 6.58 Å². The highest BCUT2D eigenvalue weighted by molar-refractivity contribution is 6.77. The van der Waals surface area contributed by atoms with Gasteiger partial charge in [-0.25, -0.2) is 4.39 Å². The van der Waals surface area contributed by atoms with E-state index >= 15 is 0 Å². The van der Waals surface area contributed by atoms with Gasteiger partial charge in [-0.2, -0.15) is 0 Å². The van der Waals surface area contributed by atoms with E-state index in [0.29, 0.717) is 29.8 Å². The number of hydrogen-bond donors (Lipinski definition) is 0. The first-order valence-corrected chi connectivity index (χ1v) is 15.0. The fourth-order valence-corrected chi connectivity index (χ4v) is 11.4. The summed E-state index contributed by atoms with van der Waals surface area (Å²) in [5, 5.41) is 0. The second kappa shape index (κ2) is 13.0. The Morgan fingerprint density at radius 1 is 0.800 bits per heavy atom. The summed E-state index contributed by atoms with van der Waals surface area (Å²) >= 11 is 0. The Morgan fingerprint density at radius 3 is 1.80 bits per heavy atom. The average Bonchev–Trinajstić information content (AvgIpc) is 2.82. The predicted molar refractivity (Wildman–Crippen MR) is 147 cm³/mol. The van der Waals surface area contributed by atoms with Crippen molar-refractivity contribution >= 4 is 8.32 Å². The lowest BCUT2D eigenvalue weighted by atomic mass is 9.84. The van der Waals surface area contributed by atoms with E-state index in [1.807, 2.05) is 37.3 Å². The summed E-state index contributed by atoms with van der Waals surface area (Å²) in [6.45, 7) is 22.4. The summed E-state index contributed by atoms with van der Waals surface area (Å²) in [6, 6.07) is 16.8. The van der Waals surface area contributed by atoms with E-state index in [1.165, 1.54) is 12.1 Å². The number of ether oxygens (including phenoxy) is 2. The lowest BCUT2D eigenvalue weighted by molar-refractivity contribution is -0.170. The Kier molecular flexibility index (Phi) is 10.9. The summed E-state index contributed by atoms with van der Waals surface area (Å²) in [4.78, 5) is 0. The molecule has 0 aliphatic heterocycles. The third-order valence-electron chi connectivity index (χ3n) is 7.36. The number of rotatable bonds is 14. The summed E-state index contributed by atoms with van der Waals surface area (Å²) in [5.74, 6) is -0.278. The van der Waals surface area contributed by atoms with Gasteiger partial charge in [0, 0.05) is 0 Å². The molecule has 0 radical (unpaired) electrons. The maximum atomic E-state index is 14.1. The minimum absolute atomic E-state index is 0.278. The summed E-state index contributed by atoms with van der Waals surface area (Å²) < 4.78 is 34.5. The molecule has 0 fully saturated rings. The Labute approximate surface area is 213 Å². The Balaban J connectivity index is 2.71. The van der Waals surface area contributed by atoms with Crippen LogP contribution >= 0.6 is 0 Å². The Bertz CT molecular complexity index is 876. The molecule has 0 N–H and O–H groups in total. The minimum Gasteiger partial charge on any atom is -0.402 e. The van der Waals surface area contributed by atoms with Crippen molar-refractivity contribution < 1.29 is 18.3 Å². The highest BCUT2D eigenvalue weighted by atomic mass is 28.4. The van der Waals surface area contributed by atoms with Crippen molar-refractivity contribution in [2.75, 3.05) is 6.61 Å². The van der Waals surface area contributed by atoms with Crippen molar-refractivity contribution in [3.8, 4) is 0 Å². The van der Waals surface area contributed by atoms with Gasteiger partial charge in [-0.05, 0) is 53.7 Å². The lowest BCUT2D eigenvalue weighted by Gasteiger charge is -2.53. The van der Waals surface area contributed by atoms with Crippen LogP contribution in [0.3, 0.4) is 0 Å². The van der Waals surface area contributed by atoms with Crippen molar-refractivity contribution in [2.24, 2.45) is 0 Å². The van der Waals surface area contributed by atoms with Crippen molar-refractivity contribution in [3.63, 3.8) is 0 Å². The molecule has 2 rings (SSSR count). The second-order valence-corrected chi connectivity index (χ2v) is 15.8. The molecule has 0 aromatic heterocycles. The van der Waals surface area contributed by atoms with Crippen LogP contribution in [0.15, 0.2) is 67.3 Å². The molecule has 0 saturated carbocycles. The van der Waals surface area contributed by atoms with Gasteiger partial charge in [0.05, 0.1) is 25.4 Å². The minimum atomic E-state index is -2.41. The molecule has 0 amide bonds. The molecule has 5 heteroatoms. The SMILES string of the molecule is C=CCO[C@H](C)[C@@](O[Si](C(C)C)(C(C)C)C(C)C)(c1ccc(F)cc1)[C@H](C)OCc1ccccc1. The summed E-state index contributed by atoms with van der Waals surface area (Å²) in [6.07, 6.45) is 1.02. The van der Waals surface area contributed by atoms with Gasteiger partial charge in [0.1, 0.15) is 11.4 Å². The third-order valence-corrected chi connectivity index (χ3v) is 13.5. The molecule has 2 aromatic carbocycles. The summed E-state index contributed by atoms with van der Waals surface area (Å²) in [5.41, 5.74) is 2.10. The van der Waals surface area contributed by atoms with Crippen LogP contribution in [-0.4, -0.2) is 27.1 Å². The fourth-order valence-electron chi connectivity index (χ4n) is 5.64. The molecule has 35 heavy (non-hydrogen) atoms. The van der Waals surface area contributed by atoms with E-state index in [-0.39, 0.29) is 18.0 Å². The van der Waals surface area contributed by atoms with Crippen LogP contribution in [0, 0.1) is 5.82 Å². The molecule has 3 nitrogen and oxygen atoms in total. The van der Waals surface area contributed by atoms with Crippen molar-refractivity contribution in [3.05, 3.63) is 84.2 Å². The molecule has 3 atom stereocenters. The molecule has 194 valence electrons. The Hall–Kier alpha value is -1.79. The number of hydrogen-bond acceptors (Lipinski definition) is 3. The van der Waals surface area contributed by atoms with Crippen molar-refractivity contribution in [1.82, 2.24) is 0 Å². The molecule has 0 spiro atoms. The van der Waals surface area contributed by atoms with Crippen LogP contribution in [0.25, 0.3) is 0 Å². The van der Waals surface area contributed by atoms with Crippen LogP contribution in [0.1, 0.15) is 66.5 Å². The topological polar surface area (TPSA) is 27.7 Å². The van der Waals surface area contributed by atoms with Gasteiger partial charge in [0.2, 0.25) is 8.32 Å². The van der Waals surface area contributed by atoms with Crippen LogP contribution in [0.2, 0.25) is 16.6 Å². The fraction of sp³-hybridized carbons (Fsp3) is 0.533. The zero-order chi connectivity index (χ0) is 26.2. The molecule has 0 saturated heterocycles. The van der Waals surface area contributed by atoms with E-state index in [9.17, 15) is 4.39 Å². The zero-order valence-corrected chi connectivity index (χ0v) is 23.9. The van der Waals surface area contributed by atoms with Gasteiger partial charge in [0.25, 0.3) is 0 Å². The number of halogens is 1. The van der Waals surface area contributed by atoms with E-state index in [4.69, 9.17) is 13.9 Å². The first kappa shape index (κ1) is 29.4. The highest BCUT2D eigenvalue weighted by Crippen LogP contribution is 2.50. The normalized spacial score (nSPS) is 15.9. The zero-order valence-electron chi connectivity index (χ0n) is 22.9. The first-order chi connectivity index (χ1) is 16.5. The Morgan fingerprint density at radius 2 is 1.31 bits per heavy atom. The highest BCUT2D eigenvalue weighted by Gasteiger charge is 2.56. The van der Waals surface area contributed by atoms with E-state index < -0.39 is 13.9 Å². The molecular weight excluding hydrogens is 455 g/mol. The molecule has 2 aromatic rings. The molecule has 0 bridgehead atoms. The lowest BCUT2D eigenvalue weighted by Crippen LogP contribution is -2.61. The van der Waals surface area contributed by atoms with E-state index in [1.54, 1.807) is 6.08 Å². The molecule has 0 aliphatic rings. The van der Waals surface area contributed by atoms with Crippen LogP contribution in [0.4, 0.5) is 4.39 Å². The molecule has 0 aliphatic carbocycles. The van der Waals surface area contributed by atoms with E-state index in [2.05, 4.69) is 67.2 Å². The van der Waals surface area contributed by atoms with Crippen molar-refractivity contribution in [2.45, 2.75) is 96.4 Å². The van der Waals surface area contributed by atoms with E-state index in [0.717, 1.165) is 11.1 Å². The van der Waals surface area contributed by atoms with Crippen LogP contribution in [0.5, 0.6) is 0 Å². The standard InChI is InChI=1S/C30H45FO3Si/c1-10-20-32-25(8)30(28-16-18-29(31)19-17-28,26(9)33-21-27-14-12-11-13-15-27)34-35(22(2)3,23(4)5)24(6)7/h10-19,22-26H,1,20-21H2,2-9H3/t25-,26+,30+/m1/s1. The van der Waals surface area contributed by atoms with Gasteiger partial charge < -0.3 is 13.9 Å². The monoisotopic (exact) mass is 500 g/mol. The van der Waals surface area contributed by atoms with Gasteiger partial charge in [-0.3, -0.25) is 0 Å². The van der Waals surface area contributed by atoms with Crippen molar-refractivity contribution in [1.29, 1.82) is 0 Å².